The second kappa shape index (κ2) is 4.07. The van der Waals surface area contributed by atoms with Crippen LogP contribution in [0, 0.1) is 5.92 Å². The van der Waals surface area contributed by atoms with Gasteiger partial charge in [0, 0.05) is 17.8 Å². The van der Waals surface area contributed by atoms with E-state index in [2.05, 4.69) is 4.98 Å². The average molecular weight is 198 g/mol. The fourth-order valence-corrected chi connectivity index (χ4v) is 1.32. The molecule has 0 saturated heterocycles. The summed E-state index contributed by atoms with van der Waals surface area (Å²) in [6.45, 7) is 1.45. The maximum absolute atomic E-state index is 5.80. The molecular weight excluding hydrogens is 186 g/mol. The van der Waals surface area contributed by atoms with Crippen molar-refractivity contribution in [3.8, 4) is 0 Å². The van der Waals surface area contributed by atoms with Crippen molar-refractivity contribution >= 4 is 11.6 Å². The van der Waals surface area contributed by atoms with Crippen LogP contribution < -0.4 is 0 Å². The second-order valence-electron chi connectivity index (χ2n) is 3.42. The SMILES string of the molecule is Clc1ccnc(COCC2CC2)c1. The molecule has 0 aromatic carbocycles. The number of aromatic nitrogens is 1. The Morgan fingerprint density at radius 1 is 1.54 bits per heavy atom. The quantitative estimate of drug-likeness (QED) is 0.741. The highest BCUT2D eigenvalue weighted by Crippen LogP contribution is 2.29. The van der Waals surface area contributed by atoms with E-state index in [1.165, 1.54) is 12.8 Å². The van der Waals surface area contributed by atoms with Crippen LogP contribution in [0.5, 0.6) is 0 Å². The molecule has 2 nitrogen and oxygen atoms in total. The molecule has 0 radical (unpaired) electrons. The Morgan fingerprint density at radius 3 is 3.08 bits per heavy atom. The van der Waals surface area contributed by atoms with E-state index >= 15 is 0 Å². The molecule has 1 aromatic heterocycles. The van der Waals surface area contributed by atoms with Crippen molar-refractivity contribution in [2.75, 3.05) is 6.61 Å². The average Bonchev–Trinajstić information content (AvgIpc) is 2.88. The summed E-state index contributed by atoms with van der Waals surface area (Å²) >= 11 is 5.80. The van der Waals surface area contributed by atoms with Gasteiger partial charge in [-0.3, -0.25) is 4.98 Å². The highest BCUT2D eigenvalue weighted by molar-refractivity contribution is 6.30. The minimum atomic E-state index is 0.580. The summed E-state index contributed by atoms with van der Waals surface area (Å²) in [5.41, 5.74) is 0.910. The molecule has 70 valence electrons. The lowest BCUT2D eigenvalue weighted by molar-refractivity contribution is 0.109. The van der Waals surface area contributed by atoms with Gasteiger partial charge in [0.2, 0.25) is 0 Å². The first-order valence-electron chi connectivity index (χ1n) is 4.53. The molecule has 2 rings (SSSR count). The summed E-state index contributed by atoms with van der Waals surface area (Å²) in [6.07, 6.45) is 4.35. The minimum Gasteiger partial charge on any atom is -0.375 e. The van der Waals surface area contributed by atoms with Crippen molar-refractivity contribution < 1.29 is 4.74 Å². The Hall–Kier alpha value is -0.600. The highest BCUT2D eigenvalue weighted by Gasteiger charge is 2.21. The van der Waals surface area contributed by atoms with Crippen LogP contribution in [-0.4, -0.2) is 11.6 Å². The van der Waals surface area contributed by atoms with Crippen molar-refractivity contribution in [3.05, 3.63) is 29.0 Å². The van der Waals surface area contributed by atoms with Crippen LogP contribution in [0.1, 0.15) is 18.5 Å². The molecule has 3 heteroatoms. The third-order valence-corrected chi connectivity index (χ3v) is 2.31. The zero-order valence-corrected chi connectivity index (χ0v) is 8.13. The van der Waals surface area contributed by atoms with Gasteiger partial charge in [0.25, 0.3) is 0 Å². The van der Waals surface area contributed by atoms with Gasteiger partial charge in [0.15, 0.2) is 0 Å². The number of rotatable bonds is 4. The van der Waals surface area contributed by atoms with Crippen LogP contribution in [0.4, 0.5) is 0 Å². The van der Waals surface area contributed by atoms with E-state index in [4.69, 9.17) is 16.3 Å². The fraction of sp³-hybridized carbons (Fsp3) is 0.500. The highest BCUT2D eigenvalue weighted by atomic mass is 35.5. The summed E-state index contributed by atoms with van der Waals surface area (Å²) in [6, 6.07) is 3.61. The summed E-state index contributed by atoms with van der Waals surface area (Å²) in [7, 11) is 0. The maximum Gasteiger partial charge on any atom is 0.0888 e. The minimum absolute atomic E-state index is 0.580. The van der Waals surface area contributed by atoms with E-state index in [9.17, 15) is 0 Å². The van der Waals surface area contributed by atoms with E-state index < -0.39 is 0 Å². The molecule has 0 N–H and O–H groups in total. The Balaban J connectivity index is 1.79. The van der Waals surface area contributed by atoms with Crippen molar-refractivity contribution in [1.29, 1.82) is 0 Å². The molecule has 0 spiro atoms. The smallest absolute Gasteiger partial charge is 0.0888 e. The first kappa shape index (κ1) is 8.97. The number of ether oxygens (including phenoxy) is 1. The number of hydrogen-bond donors (Lipinski definition) is 0. The van der Waals surface area contributed by atoms with Crippen molar-refractivity contribution in [1.82, 2.24) is 4.98 Å². The summed E-state index contributed by atoms with van der Waals surface area (Å²) < 4.78 is 5.48. The molecule has 1 saturated carbocycles. The van der Waals surface area contributed by atoms with Gasteiger partial charge >= 0.3 is 0 Å². The van der Waals surface area contributed by atoms with Gasteiger partial charge in [0.1, 0.15) is 0 Å². The maximum atomic E-state index is 5.80. The Kier molecular flexibility index (Phi) is 2.81. The van der Waals surface area contributed by atoms with Crippen molar-refractivity contribution in [2.45, 2.75) is 19.4 Å². The third kappa shape index (κ3) is 2.98. The second-order valence-corrected chi connectivity index (χ2v) is 3.86. The summed E-state index contributed by atoms with van der Waals surface area (Å²) in [5, 5.41) is 0.722. The molecular formula is C10H12ClNO. The summed E-state index contributed by atoms with van der Waals surface area (Å²) in [4.78, 5) is 4.15. The van der Waals surface area contributed by atoms with Crippen molar-refractivity contribution in [3.63, 3.8) is 0 Å². The van der Waals surface area contributed by atoms with Crippen LogP contribution in [-0.2, 0) is 11.3 Å². The molecule has 1 aliphatic rings. The molecule has 1 fully saturated rings. The molecule has 13 heavy (non-hydrogen) atoms. The Bertz CT molecular complexity index is 286. The number of pyridine rings is 1. The fourth-order valence-electron chi connectivity index (χ4n) is 1.14. The first-order valence-corrected chi connectivity index (χ1v) is 4.90. The van der Waals surface area contributed by atoms with E-state index in [0.717, 1.165) is 23.2 Å². The standard InChI is InChI=1S/C10H12ClNO/c11-9-3-4-12-10(5-9)7-13-6-8-1-2-8/h3-5,8H,1-2,6-7H2. The lowest BCUT2D eigenvalue weighted by Crippen LogP contribution is -1.98. The van der Waals surface area contributed by atoms with Crippen LogP contribution >= 0.6 is 11.6 Å². The van der Waals surface area contributed by atoms with Crippen LogP contribution in [0.3, 0.4) is 0 Å². The first-order chi connectivity index (χ1) is 6.34. The third-order valence-electron chi connectivity index (χ3n) is 2.08. The normalized spacial score (nSPS) is 16.1. The molecule has 0 atom stereocenters. The van der Waals surface area contributed by atoms with Gasteiger partial charge < -0.3 is 4.74 Å². The number of halogens is 1. The largest absolute Gasteiger partial charge is 0.375 e. The van der Waals surface area contributed by atoms with Gasteiger partial charge in [-0.05, 0) is 30.9 Å². The molecule has 0 unspecified atom stereocenters. The summed E-state index contributed by atoms with van der Waals surface area (Å²) in [5.74, 6) is 0.805. The molecule has 0 bridgehead atoms. The lowest BCUT2D eigenvalue weighted by Gasteiger charge is -2.02. The molecule has 0 aliphatic heterocycles. The number of nitrogens with zero attached hydrogens (tertiary/aromatic N) is 1. The molecule has 1 aromatic rings. The predicted octanol–water partition coefficient (Wildman–Crippen LogP) is 2.66. The van der Waals surface area contributed by atoms with Crippen LogP contribution in [0.25, 0.3) is 0 Å². The lowest BCUT2D eigenvalue weighted by atomic mass is 10.4. The number of hydrogen-bond acceptors (Lipinski definition) is 2. The zero-order valence-electron chi connectivity index (χ0n) is 7.37. The molecule has 1 heterocycles. The van der Waals surface area contributed by atoms with Gasteiger partial charge in [-0.15, -0.1) is 0 Å². The van der Waals surface area contributed by atoms with Gasteiger partial charge in [0.05, 0.1) is 12.3 Å². The van der Waals surface area contributed by atoms with E-state index in [0.29, 0.717) is 6.61 Å². The Labute approximate surface area is 82.9 Å². The predicted molar refractivity (Wildman–Crippen MR) is 51.6 cm³/mol. The molecule has 1 aliphatic carbocycles. The van der Waals surface area contributed by atoms with E-state index in [-0.39, 0.29) is 0 Å². The Morgan fingerprint density at radius 2 is 2.38 bits per heavy atom. The van der Waals surface area contributed by atoms with Crippen LogP contribution in [0.2, 0.25) is 5.02 Å². The monoisotopic (exact) mass is 197 g/mol. The topological polar surface area (TPSA) is 22.1 Å². The van der Waals surface area contributed by atoms with Crippen LogP contribution in [0.15, 0.2) is 18.3 Å². The van der Waals surface area contributed by atoms with E-state index in [1.807, 2.05) is 6.07 Å². The van der Waals surface area contributed by atoms with Gasteiger partial charge in [-0.2, -0.15) is 0 Å². The van der Waals surface area contributed by atoms with Crippen molar-refractivity contribution in [2.24, 2.45) is 5.92 Å². The van der Waals surface area contributed by atoms with Gasteiger partial charge in [-0.25, -0.2) is 0 Å². The zero-order chi connectivity index (χ0) is 9.10. The molecule has 0 amide bonds. The van der Waals surface area contributed by atoms with E-state index in [1.54, 1.807) is 12.3 Å². The van der Waals surface area contributed by atoms with Gasteiger partial charge in [-0.1, -0.05) is 11.6 Å².